The van der Waals surface area contributed by atoms with Crippen molar-refractivity contribution >= 4 is 0 Å². The van der Waals surface area contributed by atoms with Gasteiger partial charge < -0.3 is 9.84 Å². The SMILES string of the molecule is CCc1ccc(OCC(O)Cn2c(=O)c(C#N)c3n(c2=O)CCC3)cc1. The average Bonchev–Trinajstić information content (AvgIpc) is 3.14. The van der Waals surface area contributed by atoms with Gasteiger partial charge in [0.05, 0.1) is 6.54 Å². The first kappa shape index (κ1) is 18.0. The number of fused-ring (bicyclic) bond motifs is 1. The lowest BCUT2D eigenvalue weighted by molar-refractivity contribution is 0.0899. The zero-order chi connectivity index (χ0) is 18.7. The van der Waals surface area contributed by atoms with Gasteiger partial charge in [-0.05, 0) is 37.0 Å². The summed E-state index contributed by atoms with van der Waals surface area (Å²) in [5, 5.41) is 19.5. The Balaban J connectivity index is 1.75. The van der Waals surface area contributed by atoms with E-state index in [1.54, 1.807) is 0 Å². The van der Waals surface area contributed by atoms with Crippen molar-refractivity contribution in [3.05, 3.63) is 61.9 Å². The van der Waals surface area contributed by atoms with Crippen LogP contribution in [0.25, 0.3) is 0 Å². The summed E-state index contributed by atoms with van der Waals surface area (Å²) >= 11 is 0. The van der Waals surface area contributed by atoms with Crippen molar-refractivity contribution < 1.29 is 9.84 Å². The fourth-order valence-corrected chi connectivity index (χ4v) is 3.19. The largest absolute Gasteiger partial charge is 0.491 e. The van der Waals surface area contributed by atoms with Crippen LogP contribution in [0.1, 0.15) is 30.2 Å². The average molecular weight is 355 g/mol. The van der Waals surface area contributed by atoms with Gasteiger partial charge in [0, 0.05) is 12.2 Å². The molecule has 1 aromatic carbocycles. The minimum Gasteiger partial charge on any atom is -0.491 e. The highest BCUT2D eigenvalue weighted by molar-refractivity contribution is 5.33. The van der Waals surface area contributed by atoms with Crippen molar-refractivity contribution in [3.8, 4) is 11.8 Å². The Labute approximate surface area is 150 Å². The number of ether oxygens (including phenoxy) is 1. The molecule has 0 spiro atoms. The maximum absolute atomic E-state index is 12.5. The molecule has 1 unspecified atom stereocenters. The summed E-state index contributed by atoms with van der Waals surface area (Å²) in [5.41, 5.74) is 0.551. The van der Waals surface area contributed by atoms with Crippen molar-refractivity contribution in [2.75, 3.05) is 6.61 Å². The Morgan fingerprint density at radius 2 is 2.04 bits per heavy atom. The van der Waals surface area contributed by atoms with Crippen LogP contribution < -0.4 is 16.0 Å². The van der Waals surface area contributed by atoms with Crippen LogP contribution in [0.3, 0.4) is 0 Å². The quantitative estimate of drug-likeness (QED) is 0.828. The van der Waals surface area contributed by atoms with Crippen LogP contribution in [-0.2, 0) is 25.9 Å². The Bertz CT molecular complexity index is 951. The molecule has 0 bridgehead atoms. The molecule has 1 atom stereocenters. The third kappa shape index (κ3) is 3.41. The fourth-order valence-electron chi connectivity index (χ4n) is 3.19. The molecule has 0 fully saturated rings. The van der Waals surface area contributed by atoms with Gasteiger partial charge in [-0.25, -0.2) is 4.79 Å². The highest BCUT2D eigenvalue weighted by atomic mass is 16.5. The number of nitrogens with zero attached hydrogens (tertiary/aromatic N) is 3. The summed E-state index contributed by atoms with van der Waals surface area (Å²) in [5.74, 6) is 0.608. The highest BCUT2D eigenvalue weighted by Gasteiger charge is 2.23. The second-order valence-electron chi connectivity index (χ2n) is 6.35. The van der Waals surface area contributed by atoms with Gasteiger partial charge in [0.2, 0.25) is 0 Å². The van der Waals surface area contributed by atoms with Crippen molar-refractivity contribution in [1.82, 2.24) is 9.13 Å². The van der Waals surface area contributed by atoms with Crippen LogP contribution in [0.5, 0.6) is 5.75 Å². The molecule has 0 radical (unpaired) electrons. The molecule has 1 aromatic heterocycles. The zero-order valence-corrected chi connectivity index (χ0v) is 14.6. The number of aryl methyl sites for hydroxylation is 1. The third-order valence-corrected chi connectivity index (χ3v) is 4.61. The van der Waals surface area contributed by atoms with E-state index >= 15 is 0 Å². The Hall–Kier alpha value is -2.85. The highest BCUT2D eigenvalue weighted by Crippen LogP contribution is 2.14. The lowest BCUT2D eigenvalue weighted by Gasteiger charge is -2.15. The molecule has 7 nitrogen and oxygen atoms in total. The lowest BCUT2D eigenvalue weighted by Crippen LogP contribution is -2.44. The topological polar surface area (TPSA) is 97.2 Å². The van der Waals surface area contributed by atoms with Crippen molar-refractivity contribution in [3.63, 3.8) is 0 Å². The maximum atomic E-state index is 12.5. The number of nitriles is 1. The molecule has 7 heteroatoms. The van der Waals surface area contributed by atoms with Crippen LogP contribution in [0.4, 0.5) is 0 Å². The van der Waals surface area contributed by atoms with E-state index in [0.29, 0.717) is 24.4 Å². The minimum atomic E-state index is -1.04. The van der Waals surface area contributed by atoms with Gasteiger partial charge >= 0.3 is 5.69 Å². The Morgan fingerprint density at radius 1 is 1.31 bits per heavy atom. The van der Waals surface area contributed by atoms with E-state index in [9.17, 15) is 20.0 Å². The number of aliphatic hydroxyl groups is 1. The van der Waals surface area contributed by atoms with E-state index < -0.39 is 17.4 Å². The van der Waals surface area contributed by atoms with Crippen LogP contribution >= 0.6 is 0 Å². The van der Waals surface area contributed by atoms with Crippen LogP contribution in [0.2, 0.25) is 0 Å². The van der Waals surface area contributed by atoms with Gasteiger partial charge in [-0.1, -0.05) is 19.1 Å². The number of aliphatic hydroxyl groups excluding tert-OH is 1. The third-order valence-electron chi connectivity index (χ3n) is 4.61. The molecular weight excluding hydrogens is 334 g/mol. The van der Waals surface area contributed by atoms with E-state index in [0.717, 1.165) is 17.4 Å². The minimum absolute atomic E-state index is 0.00891. The van der Waals surface area contributed by atoms with Crippen LogP contribution in [0.15, 0.2) is 33.9 Å². The molecule has 2 heterocycles. The number of benzene rings is 1. The molecular formula is C19H21N3O4. The number of aromatic nitrogens is 2. The summed E-state index contributed by atoms with van der Waals surface area (Å²) in [6, 6.07) is 9.42. The number of hydrogen-bond acceptors (Lipinski definition) is 5. The van der Waals surface area contributed by atoms with Crippen molar-refractivity contribution in [1.29, 1.82) is 5.26 Å². The molecule has 3 rings (SSSR count). The Morgan fingerprint density at radius 3 is 2.69 bits per heavy atom. The lowest BCUT2D eigenvalue weighted by atomic mass is 10.2. The van der Waals surface area contributed by atoms with E-state index in [4.69, 9.17) is 4.74 Å². The molecule has 1 aliphatic heterocycles. The summed E-state index contributed by atoms with van der Waals surface area (Å²) in [7, 11) is 0. The molecule has 1 N–H and O–H groups in total. The van der Waals surface area contributed by atoms with E-state index in [1.165, 1.54) is 10.1 Å². The molecule has 0 saturated heterocycles. The Kier molecular flexibility index (Phi) is 5.24. The summed E-state index contributed by atoms with van der Waals surface area (Å²) in [6.07, 6.45) is 1.16. The second-order valence-corrected chi connectivity index (χ2v) is 6.35. The normalized spacial score (nSPS) is 13.9. The zero-order valence-electron chi connectivity index (χ0n) is 14.6. The predicted molar refractivity (Wildman–Crippen MR) is 95.3 cm³/mol. The van der Waals surface area contributed by atoms with Gasteiger partial charge in [-0.15, -0.1) is 0 Å². The van der Waals surface area contributed by atoms with Gasteiger partial charge in [-0.3, -0.25) is 13.9 Å². The first-order valence-corrected chi connectivity index (χ1v) is 8.71. The van der Waals surface area contributed by atoms with Gasteiger partial charge in [0.25, 0.3) is 5.56 Å². The number of hydrogen-bond donors (Lipinski definition) is 1. The van der Waals surface area contributed by atoms with E-state index in [1.807, 2.05) is 30.3 Å². The standard InChI is InChI=1S/C19H21N3O4/c1-2-13-5-7-15(8-6-13)26-12-14(23)11-22-18(24)16(10-20)17-4-3-9-21(17)19(22)25/h5-8,14,23H,2-4,9,11-12H2,1H3. The van der Waals surface area contributed by atoms with Crippen LogP contribution in [-0.4, -0.2) is 27.0 Å². The summed E-state index contributed by atoms with van der Waals surface area (Å²) in [4.78, 5) is 24.9. The van der Waals surface area contributed by atoms with E-state index in [2.05, 4.69) is 6.92 Å². The predicted octanol–water partition coefficient (Wildman–Crippen LogP) is 0.830. The summed E-state index contributed by atoms with van der Waals surface area (Å²) in [6.45, 7) is 2.28. The van der Waals surface area contributed by atoms with E-state index in [-0.39, 0.29) is 18.7 Å². The molecule has 26 heavy (non-hydrogen) atoms. The second kappa shape index (κ2) is 7.58. The van der Waals surface area contributed by atoms with Gasteiger partial charge in [0.1, 0.15) is 30.1 Å². The molecule has 136 valence electrons. The number of rotatable bonds is 6. The molecule has 0 saturated carbocycles. The molecule has 1 aliphatic rings. The van der Waals surface area contributed by atoms with Gasteiger partial charge in [0.15, 0.2) is 0 Å². The smallest absolute Gasteiger partial charge is 0.331 e. The molecule has 0 aliphatic carbocycles. The van der Waals surface area contributed by atoms with Crippen molar-refractivity contribution in [2.45, 2.75) is 45.4 Å². The first-order chi connectivity index (χ1) is 12.5. The first-order valence-electron chi connectivity index (χ1n) is 8.71. The van der Waals surface area contributed by atoms with Crippen LogP contribution in [0, 0.1) is 11.3 Å². The monoisotopic (exact) mass is 355 g/mol. The fraction of sp³-hybridized carbons (Fsp3) is 0.421. The van der Waals surface area contributed by atoms with Crippen molar-refractivity contribution in [2.24, 2.45) is 0 Å². The maximum Gasteiger partial charge on any atom is 0.331 e. The summed E-state index contributed by atoms with van der Waals surface area (Å²) < 4.78 is 7.92. The molecule has 0 amide bonds. The molecule has 2 aromatic rings. The van der Waals surface area contributed by atoms with Gasteiger partial charge in [-0.2, -0.15) is 5.26 Å².